The van der Waals surface area contributed by atoms with Gasteiger partial charge in [-0.05, 0) is 43.4 Å². The number of methoxy groups -OCH3 is 1. The molecule has 0 radical (unpaired) electrons. The molecule has 7 heteroatoms. The van der Waals surface area contributed by atoms with Crippen LogP contribution < -0.4 is 4.74 Å². The predicted molar refractivity (Wildman–Crippen MR) is 85.8 cm³/mol. The molecule has 3 aromatic rings. The maximum atomic E-state index is 5.46. The molecule has 0 amide bonds. The molecule has 0 aliphatic carbocycles. The first-order valence-electron chi connectivity index (χ1n) is 6.60. The zero-order chi connectivity index (χ0) is 15.5. The van der Waals surface area contributed by atoms with E-state index in [1.54, 1.807) is 18.0 Å². The molecule has 0 aliphatic rings. The molecule has 2 heterocycles. The molecule has 2 aromatic heterocycles. The van der Waals surface area contributed by atoms with Crippen molar-refractivity contribution in [2.45, 2.75) is 6.92 Å². The van der Waals surface area contributed by atoms with Crippen molar-refractivity contribution < 1.29 is 9.15 Å². The van der Waals surface area contributed by atoms with Crippen LogP contribution in [0.5, 0.6) is 5.75 Å². The highest BCUT2D eigenvalue weighted by molar-refractivity contribution is 7.71. The van der Waals surface area contributed by atoms with E-state index >= 15 is 0 Å². The summed E-state index contributed by atoms with van der Waals surface area (Å²) in [4.78, 5) is 0. The number of furan rings is 1. The Kier molecular flexibility index (Phi) is 3.88. The van der Waals surface area contributed by atoms with Crippen molar-refractivity contribution in [1.29, 1.82) is 0 Å². The van der Waals surface area contributed by atoms with Crippen LogP contribution in [0.15, 0.2) is 45.9 Å². The molecular formula is C15H14N4O2S. The Hall–Kier alpha value is -2.67. The van der Waals surface area contributed by atoms with E-state index in [2.05, 4.69) is 15.3 Å². The van der Waals surface area contributed by atoms with Gasteiger partial charge >= 0.3 is 0 Å². The highest BCUT2D eigenvalue weighted by Crippen LogP contribution is 2.22. The molecule has 6 nitrogen and oxygen atoms in total. The molecule has 1 aromatic carbocycles. The largest absolute Gasteiger partial charge is 0.497 e. The highest BCUT2D eigenvalue weighted by Gasteiger charge is 2.09. The number of nitrogens with zero attached hydrogens (tertiary/aromatic N) is 3. The lowest BCUT2D eigenvalue weighted by atomic mass is 10.2. The minimum atomic E-state index is 0.400. The number of H-pyrrole nitrogens is 1. The molecule has 0 saturated heterocycles. The van der Waals surface area contributed by atoms with Gasteiger partial charge in [0.25, 0.3) is 0 Å². The number of aryl methyl sites for hydroxylation is 1. The number of aromatic nitrogens is 3. The smallest absolute Gasteiger partial charge is 0.216 e. The Labute approximate surface area is 132 Å². The van der Waals surface area contributed by atoms with Gasteiger partial charge in [0.15, 0.2) is 5.82 Å². The molecule has 0 aliphatic heterocycles. The topological polar surface area (TPSA) is 68.3 Å². The predicted octanol–water partition coefficient (Wildman–Crippen LogP) is 3.40. The number of aromatic amines is 1. The molecule has 3 rings (SSSR count). The van der Waals surface area contributed by atoms with Crippen molar-refractivity contribution in [2.75, 3.05) is 7.11 Å². The van der Waals surface area contributed by atoms with Gasteiger partial charge in [0, 0.05) is 5.56 Å². The van der Waals surface area contributed by atoms with Crippen LogP contribution in [0.3, 0.4) is 0 Å². The van der Waals surface area contributed by atoms with Gasteiger partial charge in [0.05, 0.1) is 13.3 Å². The summed E-state index contributed by atoms with van der Waals surface area (Å²) in [5.41, 5.74) is 0.847. The van der Waals surface area contributed by atoms with Gasteiger partial charge < -0.3 is 9.15 Å². The van der Waals surface area contributed by atoms with Crippen molar-refractivity contribution in [3.63, 3.8) is 0 Å². The van der Waals surface area contributed by atoms with Crippen molar-refractivity contribution in [3.05, 3.63) is 52.7 Å². The quantitative estimate of drug-likeness (QED) is 0.592. The van der Waals surface area contributed by atoms with Crippen molar-refractivity contribution in [2.24, 2.45) is 5.10 Å². The molecular weight excluding hydrogens is 300 g/mol. The zero-order valence-electron chi connectivity index (χ0n) is 12.1. The normalized spacial score (nSPS) is 11.2. The number of hydrogen-bond donors (Lipinski definition) is 1. The molecule has 0 spiro atoms. The van der Waals surface area contributed by atoms with Crippen LogP contribution in [0.2, 0.25) is 0 Å². The number of ether oxygens (including phenoxy) is 1. The second kappa shape index (κ2) is 5.98. The maximum absolute atomic E-state index is 5.46. The first-order valence-corrected chi connectivity index (χ1v) is 7.01. The summed E-state index contributed by atoms with van der Waals surface area (Å²) in [7, 11) is 1.62. The van der Waals surface area contributed by atoms with Gasteiger partial charge in [-0.25, -0.2) is 5.10 Å². The number of rotatable bonds is 4. The lowest BCUT2D eigenvalue weighted by molar-refractivity contribution is 0.415. The van der Waals surface area contributed by atoms with Gasteiger partial charge in [-0.3, -0.25) is 0 Å². The third-order valence-electron chi connectivity index (χ3n) is 3.04. The van der Waals surface area contributed by atoms with E-state index in [0.717, 1.165) is 17.1 Å². The van der Waals surface area contributed by atoms with Gasteiger partial charge in [0.2, 0.25) is 4.77 Å². The van der Waals surface area contributed by atoms with Crippen molar-refractivity contribution >= 4 is 18.4 Å². The average molecular weight is 314 g/mol. The van der Waals surface area contributed by atoms with Gasteiger partial charge in [0.1, 0.15) is 17.3 Å². The lowest BCUT2D eigenvalue weighted by Gasteiger charge is -2.03. The van der Waals surface area contributed by atoms with E-state index in [1.807, 2.05) is 43.3 Å². The highest BCUT2D eigenvalue weighted by atomic mass is 32.1. The second-order valence-electron chi connectivity index (χ2n) is 4.59. The maximum Gasteiger partial charge on any atom is 0.216 e. The first kappa shape index (κ1) is 14.3. The van der Waals surface area contributed by atoms with Crippen LogP contribution in [0.25, 0.3) is 11.4 Å². The summed E-state index contributed by atoms with van der Waals surface area (Å²) in [5, 5.41) is 11.3. The molecule has 22 heavy (non-hydrogen) atoms. The molecule has 0 bridgehead atoms. The minimum absolute atomic E-state index is 0.400. The SMILES string of the molecule is COc1cccc(-c2n[nH]c(=S)n2/N=C/c2ccc(C)o2)c1. The minimum Gasteiger partial charge on any atom is -0.497 e. The summed E-state index contributed by atoms with van der Waals surface area (Å²) in [6.45, 7) is 1.88. The van der Waals surface area contributed by atoms with Crippen molar-refractivity contribution in [3.8, 4) is 17.1 Å². The fraction of sp³-hybridized carbons (Fsp3) is 0.133. The summed E-state index contributed by atoms with van der Waals surface area (Å²) in [6.07, 6.45) is 1.60. The summed E-state index contributed by atoms with van der Waals surface area (Å²) in [5.74, 6) is 2.81. The van der Waals surface area contributed by atoms with Crippen LogP contribution in [0.1, 0.15) is 11.5 Å². The Bertz CT molecular complexity index is 876. The Morgan fingerprint density at radius 1 is 1.36 bits per heavy atom. The molecule has 0 atom stereocenters. The second-order valence-corrected chi connectivity index (χ2v) is 4.98. The third-order valence-corrected chi connectivity index (χ3v) is 3.30. The molecule has 0 fully saturated rings. The van der Waals surface area contributed by atoms with Crippen LogP contribution in [0.4, 0.5) is 0 Å². The van der Waals surface area contributed by atoms with Crippen LogP contribution in [-0.2, 0) is 0 Å². The third kappa shape index (κ3) is 2.84. The fourth-order valence-corrected chi connectivity index (χ4v) is 2.16. The molecule has 112 valence electrons. The molecule has 0 saturated carbocycles. The van der Waals surface area contributed by atoms with Gasteiger partial charge in [-0.1, -0.05) is 12.1 Å². The van der Waals surface area contributed by atoms with E-state index in [4.69, 9.17) is 21.4 Å². The van der Waals surface area contributed by atoms with E-state index < -0.39 is 0 Å². The number of nitrogens with one attached hydrogen (secondary N) is 1. The van der Waals surface area contributed by atoms with E-state index in [-0.39, 0.29) is 0 Å². The average Bonchev–Trinajstić information content (AvgIpc) is 3.11. The van der Waals surface area contributed by atoms with Crippen molar-refractivity contribution in [1.82, 2.24) is 14.9 Å². The van der Waals surface area contributed by atoms with Gasteiger partial charge in [-0.15, -0.1) is 0 Å². The molecule has 1 N–H and O–H groups in total. The van der Waals surface area contributed by atoms with E-state index in [1.165, 1.54) is 0 Å². The lowest BCUT2D eigenvalue weighted by Crippen LogP contribution is -1.95. The Morgan fingerprint density at radius 2 is 2.23 bits per heavy atom. The number of hydrogen-bond acceptors (Lipinski definition) is 5. The fourth-order valence-electron chi connectivity index (χ4n) is 1.99. The summed E-state index contributed by atoms with van der Waals surface area (Å²) < 4.78 is 12.6. The van der Waals surface area contributed by atoms with Crippen LogP contribution >= 0.6 is 12.2 Å². The number of benzene rings is 1. The van der Waals surface area contributed by atoms with Gasteiger partial charge in [-0.2, -0.15) is 14.9 Å². The zero-order valence-corrected chi connectivity index (χ0v) is 12.9. The molecule has 0 unspecified atom stereocenters. The standard InChI is InChI=1S/C15H14N4O2S/c1-10-6-7-13(21-10)9-16-19-14(17-18-15(19)22)11-4-3-5-12(8-11)20-2/h3-9H,1-2H3,(H,18,22)/b16-9+. The van der Waals surface area contributed by atoms with E-state index in [9.17, 15) is 0 Å². The van der Waals surface area contributed by atoms with Crippen LogP contribution in [-0.4, -0.2) is 28.2 Å². The van der Waals surface area contributed by atoms with E-state index in [0.29, 0.717) is 16.4 Å². The first-order chi connectivity index (χ1) is 10.7. The van der Waals surface area contributed by atoms with Crippen LogP contribution in [0, 0.1) is 11.7 Å². The monoisotopic (exact) mass is 314 g/mol. The Balaban J connectivity index is 2.00. The summed E-state index contributed by atoms with van der Waals surface area (Å²) in [6, 6.07) is 11.2. The summed E-state index contributed by atoms with van der Waals surface area (Å²) >= 11 is 5.22. The Morgan fingerprint density at radius 3 is 2.95 bits per heavy atom.